The number of nitrogens with one attached hydrogen (secondary N) is 2. The number of Topliss-reactive ketones (excluding diaryl/α,β-unsaturated/α-hetero) is 1. The highest BCUT2D eigenvalue weighted by atomic mass is 35.5. The number of aromatic amines is 1. The second kappa shape index (κ2) is 7.50. The number of fused-ring (bicyclic) bond motifs is 1. The highest BCUT2D eigenvalue weighted by molar-refractivity contribution is 7.99. The number of rotatable bonds is 4. The van der Waals surface area contributed by atoms with E-state index in [1.807, 2.05) is 18.2 Å². The quantitative estimate of drug-likeness (QED) is 0.412. The van der Waals surface area contributed by atoms with Crippen LogP contribution in [0.1, 0.15) is 43.7 Å². The van der Waals surface area contributed by atoms with Gasteiger partial charge in [0.2, 0.25) is 0 Å². The standard InChI is InChI=1S/C22H22ClN3O2S/c1-4-9-29-21-25-19-18(20(28)26-21)16(12-7-5-6-8-13(12)23)17-14(24-19)10-22(2,3)11-15(17)27/h4-8,16H,1,9-11H2,2-3H3,(H2,24,25,26,28)/t16-/m0/s1. The Kier molecular flexibility index (Phi) is 5.17. The van der Waals surface area contributed by atoms with Crippen molar-refractivity contribution in [1.82, 2.24) is 9.97 Å². The minimum atomic E-state index is -0.534. The van der Waals surface area contributed by atoms with Gasteiger partial charge in [-0.1, -0.05) is 61.5 Å². The van der Waals surface area contributed by atoms with Gasteiger partial charge in [0, 0.05) is 34.4 Å². The third-order valence-electron chi connectivity index (χ3n) is 5.25. The first kappa shape index (κ1) is 20.0. The van der Waals surface area contributed by atoms with Gasteiger partial charge >= 0.3 is 0 Å². The number of nitrogens with zero attached hydrogens (tertiary/aromatic N) is 1. The van der Waals surface area contributed by atoms with Crippen LogP contribution in [0.15, 0.2) is 58.1 Å². The molecule has 1 atom stereocenters. The molecule has 0 unspecified atom stereocenters. The second-order valence-electron chi connectivity index (χ2n) is 8.15. The van der Waals surface area contributed by atoms with E-state index in [-0.39, 0.29) is 16.8 Å². The van der Waals surface area contributed by atoms with E-state index in [2.05, 4.69) is 35.7 Å². The molecule has 0 saturated heterocycles. The van der Waals surface area contributed by atoms with E-state index >= 15 is 0 Å². The van der Waals surface area contributed by atoms with Gasteiger partial charge in [0.05, 0.1) is 5.56 Å². The normalized spacial score (nSPS) is 20.0. The van der Waals surface area contributed by atoms with E-state index in [1.54, 1.807) is 12.1 Å². The Hall–Kier alpha value is -2.31. The number of aromatic nitrogens is 2. The van der Waals surface area contributed by atoms with Gasteiger partial charge in [-0.3, -0.25) is 9.59 Å². The topological polar surface area (TPSA) is 74.8 Å². The molecule has 2 heterocycles. The summed E-state index contributed by atoms with van der Waals surface area (Å²) >= 11 is 7.91. The Morgan fingerprint density at radius 3 is 2.79 bits per heavy atom. The van der Waals surface area contributed by atoms with Crippen molar-refractivity contribution in [3.63, 3.8) is 0 Å². The number of anilines is 1. The Morgan fingerprint density at radius 2 is 2.07 bits per heavy atom. The van der Waals surface area contributed by atoms with Crippen LogP contribution >= 0.6 is 23.4 Å². The third-order valence-corrected chi connectivity index (χ3v) is 6.47. The van der Waals surface area contributed by atoms with Crippen molar-refractivity contribution in [2.75, 3.05) is 11.1 Å². The summed E-state index contributed by atoms with van der Waals surface area (Å²) in [5, 5.41) is 4.35. The number of hydrogen-bond donors (Lipinski definition) is 2. The van der Waals surface area contributed by atoms with Gasteiger partial charge in [-0.25, -0.2) is 4.98 Å². The summed E-state index contributed by atoms with van der Waals surface area (Å²) in [6.45, 7) is 7.86. The van der Waals surface area contributed by atoms with Crippen LogP contribution in [0.2, 0.25) is 5.02 Å². The molecule has 1 aromatic heterocycles. The summed E-state index contributed by atoms with van der Waals surface area (Å²) in [5.41, 5.74) is 2.23. The molecule has 1 aliphatic carbocycles. The smallest absolute Gasteiger partial charge is 0.257 e. The van der Waals surface area contributed by atoms with E-state index in [9.17, 15) is 9.59 Å². The molecule has 0 amide bonds. The van der Waals surface area contributed by atoms with Crippen molar-refractivity contribution in [3.8, 4) is 0 Å². The maximum Gasteiger partial charge on any atom is 0.257 e. The largest absolute Gasteiger partial charge is 0.343 e. The Morgan fingerprint density at radius 1 is 1.31 bits per heavy atom. The number of benzene rings is 1. The van der Waals surface area contributed by atoms with Gasteiger partial charge in [-0.2, -0.15) is 0 Å². The number of halogens is 1. The average Bonchev–Trinajstić information content (AvgIpc) is 2.64. The number of hydrogen-bond acceptors (Lipinski definition) is 5. The molecule has 1 aliphatic heterocycles. The zero-order valence-electron chi connectivity index (χ0n) is 16.3. The van der Waals surface area contributed by atoms with Crippen LogP contribution in [-0.2, 0) is 4.79 Å². The molecule has 5 nitrogen and oxygen atoms in total. The van der Waals surface area contributed by atoms with Crippen molar-refractivity contribution in [1.29, 1.82) is 0 Å². The number of H-pyrrole nitrogens is 1. The molecule has 1 aromatic carbocycles. The molecule has 2 aromatic rings. The predicted octanol–water partition coefficient (Wildman–Crippen LogP) is 4.90. The van der Waals surface area contributed by atoms with Crippen LogP contribution in [0, 0.1) is 5.41 Å². The minimum absolute atomic E-state index is 0.0452. The number of carbonyl (C=O) groups is 1. The van der Waals surface area contributed by atoms with Crippen LogP contribution in [0.25, 0.3) is 0 Å². The summed E-state index contributed by atoms with van der Waals surface area (Å²) in [5.74, 6) is 0.640. The molecule has 150 valence electrons. The van der Waals surface area contributed by atoms with Crippen molar-refractivity contribution in [3.05, 3.63) is 74.7 Å². The van der Waals surface area contributed by atoms with Crippen molar-refractivity contribution in [2.24, 2.45) is 5.41 Å². The zero-order valence-corrected chi connectivity index (χ0v) is 17.9. The van der Waals surface area contributed by atoms with Gasteiger partial charge in [-0.15, -0.1) is 6.58 Å². The lowest BCUT2D eigenvalue weighted by Gasteiger charge is -2.38. The van der Waals surface area contributed by atoms with Gasteiger partial charge in [0.1, 0.15) is 5.82 Å². The van der Waals surface area contributed by atoms with Crippen molar-refractivity contribution < 1.29 is 4.79 Å². The summed E-state index contributed by atoms with van der Waals surface area (Å²) in [6, 6.07) is 7.37. The molecule has 0 saturated carbocycles. The van der Waals surface area contributed by atoms with Crippen LogP contribution < -0.4 is 10.9 Å². The molecule has 2 N–H and O–H groups in total. The highest BCUT2D eigenvalue weighted by Crippen LogP contribution is 2.48. The number of carbonyl (C=O) groups excluding carboxylic acids is 1. The fourth-order valence-electron chi connectivity index (χ4n) is 4.12. The van der Waals surface area contributed by atoms with Gasteiger partial charge in [0.15, 0.2) is 10.9 Å². The molecule has 29 heavy (non-hydrogen) atoms. The van der Waals surface area contributed by atoms with Crippen LogP contribution in [0.5, 0.6) is 0 Å². The lowest BCUT2D eigenvalue weighted by molar-refractivity contribution is -0.118. The lowest BCUT2D eigenvalue weighted by Crippen LogP contribution is -2.37. The molecule has 0 fully saturated rings. The molecule has 7 heteroatoms. The monoisotopic (exact) mass is 427 g/mol. The van der Waals surface area contributed by atoms with Crippen LogP contribution in [-0.4, -0.2) is 21.5 Å². The summed E-state index contributed by atoms with van der Waals surface area (Å²) in [6.07, 6.45) is 2.90. The zero-order chi connectivity index (χ0) is 20.8. The molecular formula is C22H22ClN3O2S. The SMILES string of the molecule is C=CCSc1nc2c(c(=O)[nH]1)[C@@H](c1ccccc1Cl)C1=C(CC(C)(C)CC1=O)N2. The Labute approximate surface area is 178 Å². The molecular weight excluding hydrogens is 406 g/mol. The maximum atomic E-state index is 13.2. The van der Waals surface area contributed by atoms with Gasteiger partial charge in [0.25, 0.3) is 5.56 Å². The number of thioether (sulfide) groups is 1. The van der Waals surface area contributed by atoms with E-state index in [0.717, 1.165) is 11.3 Å². The molecule has 4 rings (SSSR count). The van der Waals surface area contributed by atoms with Crippen molar-refractivity contribution >= 4 is 35.0 Å². The van der Waals surface area contributed by atoms with E-state index in [1.165, 1.54) is 11.8 Å². The minimum Gasteiger partial charge on any atom is -0.343 e. The molecule has 0 radical (unpaired) electrons. The fraction of sp³-hybridized carbons (Fsp3) is 0.318. The third kappa shape index (κ3) is 3.67. The van der Waals surface area contributed by atoms with Crippen molar-refractivity contribution in [2.45, 2.75) is 37.8 Å². The van der Waals surface area contributed by atoms with Crippen LogP contribution in [0.4, 0.5) is 5.82 Å². The van der Waals surface area contributed by atoms with E-state index in [4.69, 9.17) is 11.6 Å². The summed E-state index contributed by atoms with van der Waals surface area (Å²) in [4.78, 5) is 33.8. The first-order valence-corrected chi connectivity index (χ1v) is 10.8. The average molecular weight is 428 g/mol. The highest BCUT2D eigenvalue weighted by Gasteiger charge is 2.42. The molecule has 0 spiro atoms. The summed E-state index contributed by atoms with van der Waals surface area (Å²) < 4.78 is 0. The maximum absolute atomic E-state index is 13.2. The van der Waals surface area contributed by atoms with E-state index < -0.39 is 5.92 Å². The second-order valence-corrected chi connectivity index (χ2v) is 9.56. The van der Waals surface area contributed by atoms with Gasteiger partial charge in [-0.05, 0) is 23.5 Å². The van der Waals surface area contributed by atoms with Gasteiger partial charge < -0.3 is 10.3 Å². The predicted molar refractivity (Wildman–Crippen MR) is 118 cm³/mol. The van der Waals surface area contributed by atoms with Crippen LogP contribution in [0.3, 0.4) is 0 Å². The van der Waals surface area contributed by atoms with E-state index in [0.29, 0.717) is 45.7 Å². The fourth-order valence-corrected chi connectivity index (χ4v) is 4.96. The first-order chi connectivity index (χ1) is 13.8. The Balaban J connectivity index is 1.95. The number of ketones is 1. The molecule has 0 bridgehead atoms. The first-order valence-electron chi connectivity index (χ1n) is 9.46. The lowest BCUT2D eigenvalue weighted by atomic mass is 9.69. The summed E-state index contributed by atoms with van der Waals surface area (Å²) in [7, 11) is 0. The number of allylic oxidation sites excluding steroid dienone is 2. The molecule has 2 aliphatic rings. The Bertz CT molecular complexity index is 1100.